The molecule has 1 saturated heterocycles. The minimum absolute atomic E-state index is 0.138. The average molecular weight is 369 g/mol. The summed E-state index contributed by atoms with van der Waals surface area (Å²) in [6.45, 7) is 5.76. The topological polar surface area (TPSA) is 41.9 Å². The lowest BCUT2D eigenvalue weighted by molar-refractivity contribution is -0.144. The minimum Gasteiger partial charge on any atom is -0.316 e. The molecule has 0 amide bonds. The molecule has 2 heterocycles. The molecule has 4 rings (SSSR count). The van der Waals surface area contributed by atoms with Crippen LogP contribution in [0.5, 0.6) is 0 Å². The second-order valence-electron chi connectivity index (χ2n) is 6.99. The van der Waals surface area contributed by atoms with Crippen LogP contribution >= 0.6 is 11.6 Å². The van der Waals surface area contributed by atoms with E-state index in [1.165, 1.54) is 5.56 Å². The number of carbonyl (C=O) groups is 1. The summed E-state index contributed by atoms with van der Waals surface area (Å²) in [4.78, 5) is 19.6. The molecule has 5 heteroatoms. The highest BCUT2D eigenvalue weighted by Gasteiger charge is 2.42. The molecule has 1 aliphatic carbocycles. The van der Waals surface area contributed by atoms with Gasteiger partial charge in [-0.1, -0.05) is 59.7 Å². The first-order valence-electron chi connectivity index (χ1n) is 8.95. The fourth-order valence-corrected chi connectivity index (χ4v) is 4.23. The van der Waals surface area contributed by atoms with E-state index in [0.717, 1.165) is 37.2 Å². The first kappa shape index (κ1) is 17.3. The van der Waals surface area contributed by atoms with Gasteiger partial charge >= 0.3 is 5.97 Å². The van der Waals surface area contributed by atoms with Crippen molar-refractivity contribution in [3.8, 4) is 0 Å². The molecule has 0 spiro atoms. The highest BCUT2D eigenvalue weighted by Crippen LogP contribution is 2.33. The Hall–Kier alpha value is -2.17. The lowest BCUT2D eigenvalue weighted by Gasteiger charge is -2.35. The van der Waals surface area contributed by atoms with Gasteiger partial charge in [-0.05, 0) is 55.1 Å². The molecule has 0 N–H and O–H groups in total. The van der Waals surface area contributed by atoms with Crippen molar-refractivity contribution in [2.45, 2.75) is 24.8 Å². The molecule has 3 aliphatic rings. The second kappa shape index (κ2) is 7.22. The number of hydrogen-bond donors (Lipinski definition) is 0. The van der Waals surface area contributed by atoms with Crippen molar-refractivity contribution in [3.63, 3.8) is 0 Å². The van der Waals surface area contributed by atoms with Gasteiger partial charge in [0.25, 0.3) is 0 Å². The number of benzene rings is 1. The van der Waals surface area contributed by atoms with Crippen LogP contribution in [0.2, 0.25) is 0 Å². The summed E-state index contributed by atoms with van der Waals surface area (Å²) in [5.74, 6) is 0.109. The molecule has 26 heavy (non-hydrogen) atoms. The number of likely N-dealkylation sites (tertiary alicyclic amines) is 1. The van der Waals surface area contributed by atoms with Gasteiger partial charge in [0.1, 0.15) is 0 Å². The van der Waals surface area contributed by atoms with E-state index in [1.54, 1.807) is 0 Å². The minimum atomic E-state index is -0.427. The molecule has 0 aromatic heterocycles. The van der Waals surface area contributed by atoms with E-state index in [-0.39, 0.29) is 11.9 Å². The van der Waals surface area contributed by atoms with Crippen LogP contribution < -0.4 is 0 Å². The van der Waals surface area contributed by atoms with Gasteiger partial charge in [0.2, 0.25) is 0 Å². The molecule has 4 nitrogen and oxygen atoms in total. The number of hydrogen-bond acceptors (Lipinski definition) is 4. The number of carbonyl (C=O) groups excluding carboxylic acids is 1. The van der Waals surface area contributed by atoms with Crippen molar-refractivity contribution in [2.75, 3.05) is 13.1 Å². The monoisotopic (exact) mass is 368 g/mol. The Morgan fingerprint density at radius 3 is 2.62 bits per heavy atom. The predicted molar refractivity (Wildman–Crippen MR) is 103 cm³/mol. The van der Waals surface area contributed by atoms with E-state index >= 15 is 0 Å². The quantitative estimate of drug-likeness (QED) is 0.757. The van der Waals surface area contributed by atoms with Crippen LogP contribution in [0, 0.1) is 5.92 Å². The molecular weight excluding hydrogens is 348 g/mol. The van der Waals surface area contributed by atoms with Crippen molar-refractivity contribution in [1.29, 1.82) is 0 Å². The molecule has 1 aromatic rings. The third-order valence-corrected chi connectivity index (χ3v) is 5.63. The standard InChI is InChI=1S/C21H21ClN2O2/c1-14-13-17(22)7-8-18(14)19-20(21(25)26-23-19)24-11-9-16(10-12-24)15-5-3-2-4-6-15/h2-8,13,16,18,20H,1,9-12H2. The molecule has 2 unspecified atom stereocenters. The normalized spacial score (nSPS) is 27.3. The van der Waals surface area contributed by atoms with Crippen LogP contribution in [0.15, 0.2) is 70.9 Å². The number of rotatable bonds is 3. The van der Waals surface area contributed by atoms with E-state index in [2.05, 4.69) is 40.9 Å². The summed E-state index contributed by atoms with van der Waals surface area (Å²) in [5.41, 5.74) is 2.92. The summed E-state index contributed by atoms with van der Waals surface area (Å²) >= 11 is 6.04. The van der Waals surface area contributed by atoms with Crippen LogP contribution in [0.25, 0.3) is 0 Å². The predicted octanol–water partition coefficient (Wildman–Crippen LogP) is 4.01. The number of nitrogens with zero attached hydrogens (tertiary/aromatic N) is 2. The van der Waals surface area contributed by atoms with Gasteiger partial charge in [0, 0.05) is 11.0 Å². The summed E-state index contributed by atoms with van der Waals surface area (Å²) in [6, 6.07) is 10.2. The Kier molecular flexibility index (Phi) is 4.79. The third-order valence-electron chi connectivity index (χ3n) is 5.40. The fraction of sp³-hybridized carbons (Fsp3) is 0.333. The van der Waals surface area contributed by atoms with Gasteiger partial charge in [0.05, 0.1) is 5.71 Å². The molecule has 0 radical (unpaired) electrons. The van der Waals surface area contributed by atoms with E-state index in [0.29, 0.717) is 11.0 Å². The SMILES string of the molecule is C=C1C=C(Cl)C=CC1C1=NOC(=O)C1N1CCC(c2ccccc2)CC1. The molecule has 1 aromatic carbocycles. The van der Waals surface area contributed by atoms with Crippen molar-refractivity contribution in [3.05, 3.63) is 71.3 Å². The van der Waals surface area contributed by atoms with Gasteiger partial charge in [-0.3, -0.25) is 4.90 Å². The van der Waals surface area contributed by atoms with Gasteiger partial charge in [-0.2, -0.15) is 0 Å². The second-order valence-corrected chi connectivity index (χ2v) is 7.43. The van der Waals surface area contributed by atoms with Crippen LogP contribution in [0.4, 0.5) is 0 Å². The van der Waals surface area contributed by atoms with Gasteiger partial charge < -0.3 is 4.84 Å². The van der Waals surface area contributed by atoms with E-state index in [9.17, 15) is 4.79 Å². The Morgan fingerprint density at radius 1 is 1.19 bits per heavy atom. The summed E-state index contributed by atoms with van der Waals surface area (Å²) in [5, 5.41) is 4.73. The zero-order valence-corrected chi connectivity index (χ0v) is 15.2. The van der Waals surface area contributed by atoms with E-state index < -0.39 is 6.04 Å². The van der Waals surface area contributed by atoms with Gasteiger partial charge in [0.15, 0.2) is 6.04 Å². The first-order chi connectivity index (χ1) is 12.6. The lowest BCUT2D eigenvalue weighted by atomic mass is 9.85. The van der Waals surface area contributed by atoms with Gasteiger partial charge in [-0.25, -0.2) is 4.79 Å². The number of halogens is 1. The van der Waals surface area contributed by atoms with Crippen LogP contribution in [-0.4, -0.2) is 35.7 Å². The number of allylic oxidation sites excluding steroid dienone is 5. The van der Waals surface area contributed by atoms with Crippen LogP contribution in [-0.2, 0) is 9.63 Å². The average Bonchev–Trinajstić information content (AvgIpc) is 3.04. The number of oxime groups is 1. The van der Waals surface area contributed by atoms with Crippen molar-refractivity contribution in [2.24, 2.45) is 11.1 Å². The Morgan fingerprint density at radius 2 is 1.92 bits per heavy atom. The molecule has 0 saturated carbocycles. The van der Waals surface area contributed by atoms with Crippen molar-refractivity contribution < 1.29 is 9.63 Å². The molecule has 1 fully saturated rings. The van der Waals surface area contributed by atoms with Crippen molar-refractivity contribution in [1.82, 2.24) is 4.90 Å². The Balaban J connectivity index is 1.47. The van der Waals surface area contributed by atoms with E-state index in [4.69, 9.17) is 16.4 Å². The van der Waals surface area contributed by atoms with Gasteiger partial charge in [-0.15, -0.1) is 0 Å². The molecule has 2 atom stereocenters. The fourth-order valence-electron chi connectivity index (χ4n) is 4.01. The highest BCUT2D eigenvalue weighted by atomic mass is 35.5. The third kappa shape index (κ3) is 3.27. The smallest absolute Gasteiger partial charge is 0.316 e. The first-order valence-corrected chi connectivity index (χ1v) is 9.33. The molecule has 0 bridgehead atoms. The van der Waals surface area contributed by atoms with Crippen molar-refractivity contribution >= 4 is 23.3 Å². The Bertz CT molecular complexity index is 805. The summed E-state index contributed by atoms with van der Waals surface area (Å²) in [7, 11) is 0. The summed E-state index contributed by atoms with van der Waals surface area (Å²) < 4.78 is 0. The largest absolute Gasteiger partial charge is 0.357 e. The molecule has 134 valence electrons. The van der Waals surface area contributed by atoms with E-state index in [1.807, 2.05) is 24.3 Å². The Labute approximate surface area is 158 Å². The molecule has 2 aliphatic heterocycles. The number of piperidine rings is 1. The summed E-state index contributed by atoms with van der Waals surface area (Å²) in [6.07, 6.45) is 7.62. The zero-order chi connectivity index (χ0) is 18.1. The maximum atomic E-state index is 12.4. The van der Waals surface area contributed by atoms with Crippen LogP contribution in [0.1, 0.15) is 24.3 Å². The molecular formula is C21H21ClN2O2. The lowest BCUT2D eigenvalue weighted by Crippen LogP contribution is -2.49. The maximum absolute atomic E-state index is 12.4. The highest BCUT2D eigenvalue weighted by molar-refractivity contribution is 6.31. The maximum Gasteiger partial charge on any atom is 0.357 e. The zero-order valence-electron chi connectivity index (χ0n) is 14.5. The van der Waals surface area contributed by atoms with Crippen LogP contribution in [0.3, 0.4) is 0 Å².